The number of piperidine rings is 1. The predicted octanol–water partition coefficient (Wildman–Crippen LogP) is 2.87. The summed E-state index contributed by atoms with van der Waals surface area (Å²) >= 11 is 0. The van der Waals surface area contributed by atoms with Crippen molar-refractivity contribution in [1.82, 2.24) is 4.90 Å². The fourth-order valence-corrected chi connectivity index (χ4v) is 6.11. The Kier molecular flexibility index (Phi) is 2.97. The molecule has 5 rings (SSSR count). The van der Waals surface area contributed by atoms with Crippen LogP contribution in [0, 0.1) is 29.6 Å². The molecule has 0 atom stereocenters. The standard InChI is InChI=1S/C17H30N2/c1-19-4-2-17(18,3-5-19)11-16-14-7-12-6-13(9-14)10-15(16)8-12/h12-16H,2-11,18H2,1H3. The van der Waals surface area contributed by atoms with Gasteiger partial charge in [-0.05, 0) is 101 Å². The normalized spacial score (nSPS) is 48.6. The van der Waals surface area contributed by atoms with E-state index >= 15 is 0 Å². The van der Waals surface area contributed by atoms with Crippen molar-refractivity contribution < 1.29 is 0 Å². The summed E-state index contributed by atoms with van der Waals surface area (Å²) in [6, 6.07) is 0. The van der Waals surface area contributed by atoms with Crippen molar-refractivity contribution in [2.24, 2.45) is 35.3 Å². The lowest BCUT2D eigenvalue weighted by Crippen LogP contribution is -2.54. The third kappa shape index (κ3) is 2.25. The van der Waals surface area contributed by atoms with E-state index in [2.05, 4.69) is 11.9 Å². The topological polar surface area (TPSA) is 29.3 Å². The second-order valence-corrected chi connectivity index (χ2v) is 8.46. The molecule has 19 heavy (non-hydrogen) atoms. The zero-order chi connectivity index (χ0) is 13.0. The lowest BCUT2D eigenvalue weighted by molar-refractivity contribution is -0.0515. The molecule has 0 unspecified atom stereocenters. The largest absolute Gasteiger partial charge is 0.325 e. The first-order valence-electron chi connectivity index (χ1n) is 8.59. The van der Waals surface area contributed by atoms with E-state index in [-0.39, 0.29) is 5.54 Å². The van der Waals surface area contributed by atoms with Crippen LogP contribution in [0.5, 0.6) is 0 Å². The number of hydrogen-bond acceptors (Lipinski definition) is 2. The maximum Gasteiger partial charge on any atom is 0.0181 e. The van der Waals surface area contributed by atoms with Crippen molar-refractivity contribution in [2.75, 3.05) is 20.1 Å². The van der Waals surface area contributed by atoms with E-state index in [0.717, 1.165) is 29.6 Å². The molecule has 2 N–H and O–H groups in total. The molecule has 4 bridgehead atoms. The van der Waals surface area contributed by atoms with Crippen LogP contribution in [0.25, 0.3) is 0 Å². The highest BCUT2D eigenvalue weighted by Crippen LogP contribution is 2.58. The van der Waals surface area contributed by atoms with Gasteiger partial charge in [-0.15, -0.1) is 0 Å². The molecule has 4 aliphatic carbocycles. The van der Waals surface area contributed by atoms with E-state index in [4.69, 9.17) is 5.73 Å². The van der Waals surface area contributed by atoms with Crippen LogP contribution in [0.2, 0.25) is 0 Å². The van der Waals surface area contributed by atoms with E-state index in [1.54, 1.807) is 32.1 Å². The van der Waals surface area contributed by atoms with Crippen LogP contribution in [0.4, 0.5) is 0 Å². The number of nitrogens with zero attached hydrogens (tertiary/aromatic N) is 1. The molecule has 5 fully saturated rings. The highest BCUT2D eigenvalue weighted by molar-refractivity contribution is 5.02. The van der Waals surface area contributed by atoms with Crippen molar-refractivity contribution in [3.8, 4) is 0 Å². The number of rotatable bonds is 2. The smallest absolute Gasteiger partial charge is 0.0181 e. The zero-order valence-electron chi connectivity index (χ0n) is 12.5. The lowest BCUT2D eigenvalue weighted by atomic mass is 9.50. The molecular weight excluding hydrogens is 232 g/mol. The Morgan fingerprint density at radius 1 is 0.947 bits per heavy atom. The van der Waals surface area contributed by atoms with Gasteiger partial charge in [0.05, 0.1) is 0 Å². The summed E-state index contributed by atoms with van der Waals surface area (Å²) in [5.74, 6) is 5.30. The first-order valence-corrected chi connectivity index (χ1v) is 8.59. The van der Waals surface area contributed by atoms with Crippen LogP contribution < -0.4 is 5.73 Å². The molecule has 1 saturated heterocycles. The second kappa shape index (κ2) is 4.46. The number of likely N-dealkylation sites (tertiary alicyclic amines) is 1. The minimum absolute atomic E-state index is 0.173. The van der Waals surface area contributed by atoms with Crippen LogP contribution in [-0.4, -0.2) is 30.6 Å². The zero-order valence-corrected chi connectivity index (χ0v) is 12.5. The molecule has 108 valence electrons. The molecular formula is C17H30N2. The van der Waals surface area contributed by atoms with Crippen molar-refractivity contribution in [3.05, 3.63) is 0 Å². The highest BCUT2D eigenvalue weighted by atomic mass is 15.1. The van der Waals surface area contributed by atoms with Gasteiger partial charge in [-0.25, -0.2) is 0 Å². The molecule has 0 spiro atoms. The van der Waals surface area contributed by atoms with Gasteiger partial charge in [0.25, 0.3) is 0 Å². The SMILES string of the molecule is CN1CCC(N)(CC2C3CC4CC(C3)CC2C4)CC1. The molecule has 1 heterocycles. The lowest BCUT2D eigenvalue weighted by Gasteiger charge is -2.56. The van der Waals surface area contributed by atoms with Gasteiger partial charge in [-0.2, -0.15) is 0 Å². The summed E-state index contributed by atoms with van der Waals surface area (Å²) in [5.41, 5.74) is 6.95. The molecule has 4 saturated carbocycles. The molecule has 0 amide bonds. The molecule has 1 aliphatic heterocycles. The summed E-state index contributed by atoms with van der Waals surface area (Å²) in [5, 5.41) is 0. The predicted molar refractivity (Wildman–Crippen MR) is 78.8 cm³/mol. The van der Waals surface area contributed by atoms with Gasteiger partial charge in [0.15, 0.2) is 0 Å². The fraction of sp³-hybridized carbons (Fsp3) is 1.00. The molecule has 0 aromatic heterocycles. The van der Waals surface area contributed by atoms with Gasteiger partial charge in [0.2, 0.25) is 0 Å². The third-order valence-corrected chi connectivity index (χ3v) is 7.05. The van der Waals surface area contributed by atoms with Crippen LogP contribution in [0.15, 0.2) is 0 Å². The fourth-order valence-electron chi connectivity index (χ4n) is 6.11. The van der Waals surface area contributed by atoms with E-state index in [1.807, 2.05) is 0 Å². The van der Waals surface area contributed by atoms with Gasteiger partial charge < -0.3 is 10.6 Å². The van der Waals surface area contributed by atoms with Crippen molar-refractivity contribution >= 4 is 0 Å². The molecule has 2 heteroatoms. The Morgan fingerprint density at radius 3 is 2.00 bits per heavy atom. The molecule has 0 aromatic rings. The maximum absolute atomic E-state index is 6.77. The van der Waals surface area contributed by atoms with Crippen LogP contribution in [-0.2, 0) is 0 Å². The van der Waals surface area contributed by atoms with Crippen LogP contribution in [0.1, 0.15) is 51.4 Å². The van der Waals surface area contributed by atoms with Crippen molar-refractivity contribution in [1.29, 1.82) is 0 Å². The Hall–Kier alpha value is -0.0800. The Labute approximate surface area is 118 Å². The number of nitrogens with two attached hydrogens (primary N) is 1. The van der Waals surface area contributed by atoms with Gasteiger partial charge in [-0.1, -0.05) is 0 Å². The summed E-state index contributed by atoms with van der Waals surface area (Å²) in [6.07, 6.45) is 11.6. The first-order chi connectivity index (χ1) is 9.11. The molecule has 0 radical (unpaired) electrons. The highest BCUT2D eigenvalue weighted by Gasteiger charge is 2.49. The van der Waals surface area contributed by atoms with Crippen molar-refractivity contribution in [2.45, 2.75) is 56.9 Å². The van der Waals surface area contributed by atoms with E-state index in [1.165, 1.54) is 32.4 Å². The monoisotopic (exact) mass is 262 g/mol. The van der Waals surface area contributed by atoms with Gasteiger partial charge >= 0.3 is 0 Å². The second-order valence-electron chi connectivity index (χ2n) is 8.46. The van der Waals surface area contributed by atoms with Crippen LogP contribution >= 0.6 is 0 Å². The molecule has 2 nitrogen and oxygen atoms in total. The van der Waals surface area contributed by atoms with Gasteiger partial charge in [0, 0.05) is 5.54 Å². The summed E-state index contributed by atoms with van der Waals surface area (Å²) in [4.78, 5) is 2.45. The minimum atomic E-state index is 0.173. The first kappa shape index (κ1) is 12.6. The van der Waals surface area contributed by atoms with Gasteiger partial charge in [-0.3, -0.25) is 0 Å². The Balaban J connectivity index is 1.45. The quantitative estimate of drug-likeness (QED) is 0.829. The van der Waals surface area contributed by atoms with E-state index in [0.29, 0.717) is 0 Å². The number of hydrogen-bond donors (Lipinski definition) is 1. The summed E-state index contributed by atoms with van der Waals surface area (Å²) < 4.78 is 0. The molecule has 0 aromatic carbocycles. The van der Waals surface area contributed by atoms with Crippen molar-refractivity contribution in [3.63, 3.8) is 0 Å². The van der Waals surface area contributed by atoms with E-state index in [9.17, 15) is 0 Å². The molecule has 5 aliphatic rings. The van der Waals surface area contributed by atoms with Crippen LogP contribution in [0.3, 0.4) is 0 Å². The van der Waals surface area contributed by atoms with E-state index < -0.39 is 0 Å². The summed E-state index contributed by atoms with van der Waals surface area (Å²) in [6.45, 7) is 2.42. The Morgan fingerprint density at radius 2 is 1.47 bits per heavy atom. The average Bonchev–Trinajstić information content (AvgIpc) is 2.37. The third-order valence-electron chi connectivity index (χ3n) is 7.05. The maximum atomic E-state index is 6.77. The average molecular weight is 262 g/mol. The Bertz CT molecular complexity index is 315. The minimum Gasteiger partial charge on any atom is -0.325 e. The van der Waals surface area contributed by atoms with Gasteiger partial charge in [0.1, 0.15) is 0 Å². The summed E-state index contributed by atoms with van der Waals surface area (Å²) in [7, 11) is 2.24.